The molecule has 2 atom stereocenters. The third kappa shape index (κ3) is 5.50. The van der Waals surface area contributed by atoms with Crippen LogP contribution in [-0.4, -0.2) is 32.0 Å². The lowest BCUT2D eigenvalue weighted by Crippen LogP contribution is -2.39. The van der Waals surface area contributed by atoms with E-state index in [4.69, 9.17) is 15.2 Å². The van der Waals surface area contributed by atoms with Gasteiger partial charge in [0.2, 0.25) is 0 Å². The van der Waals surface area contributed by atoms with Crippen molar-refractivity contribution in [2.45, 2.75) is 51.7 Å². The number of rotatable bonds is 6. The van der Waals surface area contributed by atoms with Gasteiger partial charge in [0.1, 0.15) is 0 Å². The minimum atomic E-state index is 0.240. The molecule has 90 valence electrons. The van der Waals surface area contributed by atoms with Gasteiger partial charge in [-0.3, -0.25) is 0 Å². The normalized spacial score (nSPS) is 27.2. The van der Waals surface area contributed by atoms with Crippen LogP contribution >= 0.6 is 0 Å². The Morgan fingerprint density at radius 1 is 1.20 bits per heavy atom. The summed E-state index contributed by atoms with van der Waals surface area (Å²) in [6.07, 6.45) is 5.00. The molecule has 0 spiro atoms. The maximum atomic E-state index is 5.98. The van der Waals surface area contributed by atoms with Crippen molar-refractivity contribution in [1.82, 2.24) is 0 Å². The Hall–Kier alpha value is -0.120. The molecule has 1 aliphatic carbocycles. The lowest BCUT2D eigenvalue weighted by atomic mass is 9.93. The molecule has 0 aromatic heterocycles. The number of nitrogens with two attached hydrogens (primary N) is 1. The average molecular weight is 215 g/mol. The molecule has 2 unspecified atom stereocenters. The van der Waals surface area contributed by atoms with Gasteiger partial charge in [-0.2, -0.15) is 0 Å². The molecular formula is C12H25NO2. The summed E-state index contributed by atoms with van der Waals surface area (Å²) in [5, 5.41) is 0. The van der Waals surface area contributed by atoms with Gasteiger partial charge >= 0.3 is 0 Å². The Bertz CT molecular complexity index is 162. The van der Waals surface area contributed by atoms with Crippen molar-refractivity contribution in [3.8, 4) is 0 Å². The Kier molecular flexibility index (Phi) is 6.22. The molecule has 1 aliphatic rings. The summed E-state index contributed by atoms with van der Waals surface area (Å²) < 4.78 is 11.2. The highest BCUT2D eigenvalue weighted by Gasteiger charge is 2.21. The fourth-order valence-corrected chi connectivity index (χ4v) is 1.91. The first kappa shape index (κ1) is 12.9. The molecule has 0 heterocycles. The van der Waals surface area contributed by atoms with Gasteiger partial charge in [0, 0.05) is 12.6 Å². The maximum absolute atomic E-state index is 5.98. The molecule has 0 amide bonds. The molecule has 2 N–H and O–H groups in total. The average Bonchev–Trinajstić information content (AvgIpc) is 2.20. The lowest BCUT2D eigenvalue weighted by molar-refractivity contribution is -0.0225. The first-order valence-electron chi connectivity index (χ1n) is 6.15. The zero-order valence-corrected chi connectivity index (χ0v) is 10.1. The minimum absolute atomic E-state index is 0.240. The van der Waals surface area contributed by atoms with Gasteiger partial charge in [-0.25, -0.2) is 0 Å². The van der Waals surface area contributed by atoms with Crippen LogP contribution < -0.4 is 5.73 Å². The lowest BCUT2D eigenvalue weighted by Gasteiger charge is -2.28. The third-order valence-corrected chi connectivity index (χ3v) is 2.76. The maximum Gasteiger partial charge on any atom is 0.0727 e. The first-order chi connectivity index (χ1) is 7.20. The van der Waals surface area contributed by atoms with Crippen molar-refractivity contribution < 1.29 is 9.47 Å². The van der Waals surface area contributed by atoms with E-state index in [2.05, 4.69) is 13.8 Å². The van der Waals surface area contributed by atoms with Crippen LogP contribution in [0.5, 0.6) is 0 Å². The van der Waals surface area contributed by atoms with Crippen molar-refractivity contribution in [3.63, 3.8) is 0 Å². The molecule has 0 aromatic carbocycles. The Balaban J connectivity index is 1.99. The monoisotopic (exact) mass is 215 g/mol. The molecule has 0 radical (unpaired) electrons. The summed E-state index contributed by atoms with van der Waals surface area (Å²) in [5.74, 6) is 0.599. The van der Waals surface area contributed by atoms with Crippen molar-refractivity contribution in [3.05, 3.63) is 0 Å². The van der Waals surface area contributed by atoms with E-state index in [1.165, 1.54) is 12.8 Å². The van der Waals surface area contributed by atoms with Gasteiger partial charge in [-0.15, -0.1) is 0 Å². The van der Waals surface area contributed by atoms with Crippen molar-refractivity contribution in [2.75, 3.05) is 19.8 Å². The van der Waals surface area contributed by atoms with E-state index in [0.29, 0.717) is 19.1 Å². The fourth-order valence-electron chi connectivity index (χ4n) is 1.91. The molecule has 1 saturated carbocycles. The highest BCUT2D eigenvalue weighted by Crippen LogP contribution is 2.19. The second-order valence-electron chi connectivity index (χ2n) is 4.83. The highest BCUT2D eigenvalue weighted by atomic mass is 16.5. The second-order valence-corrected chi connectivity index (χ2v) is 4.83. The van der Waals surface area contributed by atoms with Gasteiger partial charge in [0.25, 0.3) is 0 Å². The van der Waals surface area contributed by atoms with Gasteiger partial charge < -0.3 is 15.2 Å². The van der Waals surface area contributed by atoms with Crippen LogP contribution in [0.25, 0.3) is 0 Å². The van der Waals surface area contributed by atoms with Crippen LogP contribution in [0.1, 0.15) is 39.5 Å². The molecule has 1 rings (SSSR count). The summed E-state index contributed by atoms with van der Waals surface area (Å²) >= 11 is 0. The van der Waals surface area contributed by atoms with Crippen molar-refractivity contribution in [2.24, 2.45) is 11.7 Å². The highest BCUT2D eigenvalue weighted by molar-refractivity contribution is 4.78. The van der Waals surface area contributed by atoms with E-state index in [-0.39, 0.29) is 12.1 Å². The quantitative estimate of drug-likeness (QED) is 0.689. The predicted octanol–water partition coefficient (Wildman–Crippen LogP) is 1.95. The molecule has 3 heteroatoms. The van der Waals surface area contributed by atoms with Crippen molar-refractivity contribution in [1.29, 1.82) is 0 Å². The van der Waals surface area contributed by atoms with Crippen LogP contribution in [0.15, 0.2) is 0 Å². The van der Waals surface area contributed by atoms with E-state index in [1.54, 1.807) is 0 Å². The molecule has 3 nitrogen and oxygen atoms in total. The molecule has 15 heavy (non-hydrogen) atoms. The smallest absolute Gasteiger partial charge is 0.0727 e. The molecule has 0 bridgehead atoms. The zero-order valence-electron chi connectivity index (χ0n) is 10.1. The van der Waals surface area contributed by atoms with Gasteiger partial charge in [0.05, 0.1) is 19.3 Å². The van der Waals surface area contributed by atoms with Crippen LogP contribution in [0.3, 0.4) is 0 Å². The molecule has 0 aliphatic heterocycles. The first-order valence-corrected chi connectivity index (χ1v) is 6.15. The Morgan fingerprint density at radius 3 is 2.60 bits per heavy atom. The van der Waals surface area contributed by atoms with Gasteiger partial charge in [-0.05, 0) is 18.8 Å². The third-order valence-electron chi connectivity index (χ3n) is 2.76. The van der Waals surface area contributed by atoms with Crippen LogP contribution in [0.4, 0.5) is 0 Å². The molecular weight excluding hydrogens is 190 g/mol. The summed E-state index contributed by atoms with van der Waals surface area (Å²) in [7, 11) is 0. The zero-order chi connectivity index (χ0) is 11.1. The van der Waals surface area contributed by atoms with E-state index in [9.17, 15) is 0 Å². The molecule has 1 fully saturated rings. The van der Waals surface area contributed by atoms with E-state index in [0.717, 1.165) is 19.4 Å². The minimum Gasteiger partial charge on any atom is -0.379 e. The second kappa shape index (κ2) is 7.20. The number of hydrogen-bond acceptors (Lipinski definition) is 3. The van der Waals surface area contributed by atoms with E-state index in [1.807, 2.05) is 0 Å². The van der Waals surface area contributed by atoms with Gasteiger partial charge in [0.15, 0.2) is 0 Å². The van der Waals surface area contributed by atoms with E-state index < -0.39 is 0 Å². The number of hydrogen-bond donors (Lipinski definition) is 1. The Morgan fingerprint density at radius 2 is 1.93 bits per heavy atom. The van der Waals surface area contributed by atoms with Crippen molar-refractivity contribution >= 4 is 0 Å². The summed E-state index contributed by atoms with van der Waals surface area (Å²) in [6, 6.07) is 0.240. The predicted molar refractivity (Wildman–Crippen MR) is 61.8 cm³/mol. The van der Waals surface area contributed by atoms with Crippen LogP contribution in [0.2, 0.25) is 0 Å². The fraction of sp³-hybridized carbons (Fsp3) is 1.00. The summed E-state index contributed by atoms with van der Waals surface area (Å²) in [5.41, 5.74) is 5.98. The topological polar surface area (TPSA) is 44.5 Å². The van der Waals surface area contributed by atoms with E-state index >= 15 is 0 Å². The van der Waals surface area contributed by atoms with Crippen LogP contribution in [0, 0.1) is 5.92 Å². The van der Waals surface area contributed by atoms with Crippen LogP contribution in [-0.2, 0) is 9.47 Å². The number of ether oxygens (including phenoxy) is 2. The largest absolute Gasteiger partial charge is 0.379 e. The standard InChI is InChI=1S/C12H25NO2/c1-10(2)9-14-7-8-15-12-6-4-3-5-11(12)13/h10-12H,3-9,13H2,1-2H3. The molecule has 0 aromatic rings. The SMILES string of the molecule is CC(C)COCCOC1CCCCC1N. The summed E-state index contributed by atoms with van der Waals surface area (Å²) in [4.78, 5) is 0. The summed E-state index contributed by atoms with van der Waals surface area (Å²) in [6.45, 7) is 6.50. The Labute approximate surface area is 93.3 Å². The van der Waals surface area contributed by atoms with Gasteiger partial charge in [-0.1, -0.05) is 26.7 Å². The molecule has 0 saturated heterocycles.